The van der Waals surface area contributed by atoms with Crippen LogP contribution in [0.4, 0.5) is 0 Å². The van der Waals surface area contributed by atoms with Crippen molar-refractivity contribution in [3.63, 3.8) is 0 Å². The van der Waals surface area contributed by atoms with Gasteiger partial charge in [0.15, 0.2) is 0 Å². The van der Waals surface area contributed by atoms with Crippen LogP contribution < -0.4 is 0 Å². The van der Waals surface area contributed by atoms with E-state index in [2.05, 4.69) is 15.1 Å². The van der Waals surface area contributed by atoms with Crippen molar-refractivity contribution in [2.24, 2.45) is 10.2 Å². The van der Waals surface area contributed by atoms with Crippen LogP contribution >= 0.6 is 0 Å². The fourth-order valence-corrected chi connectivity index (χ4v) is 0.295. The van der Waals surface area contributed by atoms with Crippen LogP contribution in [0.3, 0.4) is 0 Å². The zero-order valence-corrected chi connectivity index (χ0v) is 7.84. The third-order valence-corrected chi connectivity index (χ3v) is 0.868. The summed E-state index contributed by atoms with van der Waals surface area (Å²) in [6.45, 7) is 16.1. The van der Waals surface area contributed by atoms with E-state index in [9.17, 15) is 0 Å². The summed E-state index contributed by atoms with van der Waals surface area (Å²) in [4.78, 5) is 3.31. The van der Waals surface area contributed by atoms with Crippen molar-refractivity contribution in [1.82, 2.24) is 0 Å². The Morgan fingerprint density at radius 2 is 1.45 bits per heavy atom. The van der Waals surface area contributed by atoms with E-state index in [4.69, 9.17) is 6.57 Å². The molecular formula is C8H15N3. The minimum Gasteiger partial charge on any atom is -0.284 e. The van der Waals surface area contributed by atoms with E-state index < -0.39 is 5.66 Å². The highest BCUT2D eigenvalue weighted by Crippen LogP contribution is 2.15. The van der Waals surface area contributed by atoms with E-state index in [1.807, 2.05) is 20.8 Å². The number of hydrogen-bond donors (Lipinski definition) is 0. The van der Waals surface area contributed by atoms with Crippen molar-refractivity contribution in [2.45, 2.75) is 45.8 Å². The van der Waals surface area contributed by atoms with E-state index in [0.29, 0.717) is 0 Å². The number of nitrogens with zero attached hydrogens (tertiary/aromatic N) is 3. The van der Waals surface area contributed by atoms with E-state index in [-0.39, 0.29) is 5.54 Å². The topological polar surface area (TPSA) is 29.1 Å². The standard InChI is InChI=1S/C8H15N3/c1-7(2,3)10-11-8(4,5)9-6/h1-5H3. The van der Waals surface area contributed by atoms with Gasteiger partial charge in [0, 0.05) is 13.8 Å². The van der Waals surface area contributed by atoms with Crippen LogP contribution in [0.5, 0.6) is 0 Å². The van der Waals surface area contributed by atoms with Crippen LogP contribution in [0.25, 0.3) is 4.85 Å². The van der Waals surface area contributed by atoms with Gasteiger partial charge < -0.3 is 0 Å². The third kappa shape index (κ3) is 5.53. The van der Waals surface area contributed by atoms with Crippen LogP contribution in [0.1, 0.15) is 34.6 Å². The lowest BCUT2D eigenvalue weighted by molar-refractivity contribution is 0.489. The first-order valence-corrected chi connectivity index (χ1v) is 3.59. The van der Waals surface area contributed by atoms with Crippen molar-refractivity contribution >= 4 is 0 Å². The van der Waals surface area contributed by atoms with Crippen LogP contribution in [-0.2, 0) is 0 Å². The monoisotopic (exact) mass is 153 g/mol. The lowest BCUT2D eigenvalue weighted by Gasteiger charge is -2.11. The van der Waals surface area contributed by atoms with Crippen LogP contribution in [-0.4, -0.2) is 11.2 Å². The van der Waals surface area contributed by atoms with Crippen LogP contribution in [0.15, 0.2) is 10.2 Å². The molecule has 0 aliphatic carbocycles. The molecule has 0 bridgehead atoms. The molecule has 11 heavy (non-hydrogen) atoms. The predicted molar refractivity (Wildman–Crippen MR) is 45.3 cm³/mol. The Bertz CT molecular complexity index is 190. The van der Waals surface area contributed by atoms with E-state index in [0.717, 1.165) is 0 Å². The Morgan fingerprint density at radius 1 is 1.00 bits per heavy atom. The lowest BCUT2D eigenvalue weighted by Crippen LogP contribution is -2.14. The summed E-state index contributed by atoms with van der Waals surface area (Å²) in [6, 6.07) is 0. The molecule has 0 N–H and O–H groups in total. The first-order valence-electron chi connectivity index (χ1n) is 3.59. The van der Waals surface area contributed by atoms with Crippen molar-refractivity contribution < 1.29 is 0 Å². The van der Waals surface area contributed by atoms with Crippen molar-refractivity contribution in [3.8, 4) is 0 Å². The molecule has 0 spiro atoms. The molecule has 0 aliphatic heterocycles. The Kier molecular flexibility index (Phi) is 2.75. The number of rotatable bonds is 1. The summed E-state index contributed by atoms with van der Waals surface area (Å²) in [6.07, 6.45) is 0. The lowest BCUT2D eigenvalue weighted by atomic mass is 10.1. The van der Waals surface area contributed by atoms with Gasteiger partial charge in [-0.3, -0.25) is 4.85 Å². The zero-order chi connectivity index (χ0) is 9.12. The van der Waals surface area contributed by atoms with E-state index in [1.165, 1.54) is 0 Å². The van der Waals surface area contributed by atoms with Gasteiger partial charge in [0.2, 0.25) is 0 Å². The predicted octanol–water partition coefficient (Wildman–Crippen LogP) is 2.89. The first kappa shape index (κ1) is 10.1. The molecule has 0 amide bonds. The first-order chi connectivity index (χ1) is 4.77. The van der Waals surface area contributed by atoms with Gasteiger partial charge in [-0.2, -0.15) is 5.11 Å². The molecular weight excluding hydrogens is 138 g/mol. The molecule has 0 unspecified atom stereocenters. The van der Waals surface area contributed by atoms with E-state index >= 15 is 0 Å². The van der Waals surface area contributed by atoms with Gasteiger partial charge in [-0.25, -0.2) is 6.57 Å². The third-order valence-electron chi connectivity index (χ3n) is 0.868. The molecule has 0 rings (SSSR count). The summed E-state index contributed by atoms with van der Waals surface area (Å²) in [5.41, 5.74) is -0.880. The molecule has 0 aromatic rings. The Morgan fingerprint density at radius 3 is 1.73 bits per heavy atom. The normalized spacial score (nSPS) is 13.5. The maximum Gasteiger partial charge on any atom is 0.335 e. The minimum atomic E-state index is -0.701. The molecule has 0 aromatic heterocycles. The number of azo groups is 1. The van der Waals surface area contributed by atoms with Gasteiger partial charge >= 0.3 is 5.66 Å². The fraction of sp³-hybridized carbons (Fsp3) is 0.875. The number of hydrogen-bond acceptors (Lipinski definition) is 2. The largest absolute Gasteiger partial charge is 0.335 e. The van der Waals surface area contributed by atoms with Gasteiger partial charge in [0.05, 0.1) is 5.54 Å². The summed E-state index contributed by atoms with van der Waals surface area (Å²) in [5.74, 6) is 0. The highest BCUT2D eigenvalue weighted by molar-refractivity contribution is 4.86. The zero-order valence-electron chi connectivity index (χ0n) is 7.84. The molecule has 62 valence electrons. The Labute approximate surface area is 68.3 Å². The second-order valence-corrected chi connectivity index (χ2v) is 3.98. The Balaban J connectivity index is 4.28. The smallest absolute Gasteiger partial charge is 0.284 e. The van der Waals surface area contributed by atoms with Crippen molar-refractivity contribution in [2.75, 3.05) is 0 Å². The average molecular weight is 153 g/mol. The quantitative estimate of drug-likeness (QED) is 0.409. The van der Waals surface area contributed by atoms with Gasteiger partial charge in [0.25, 0.3) is 0 Å². The van der Waals surface area contributed by atoms with Gasteiger partial charge in [-0.05, 0) is 20.8 Å². The highest BCUT2D eigenvalue weighted by atomic mass is 15.2. The molecule has 0 radical (unpaired) electrons. The summed E-state index contributed by atoms with van der Waals surface area (Å²) >= 11 is 0. The summed E-state index contributed by atoms with van der Waals surface area (Å²) < 4.78 is 0. The van der Waals surface area contributed by atoms with E-state index in [1.54, 1.807) is 13.8 Å². The summed E-state index contributed by atoms with van der Waals surface area (Å²) in [7, 11) is 0. The maximum atomic E-state index is 6.78. The molecule has 3 nitrogen and oxygen atoms in total. The average Bonchev–Trinajstić information content (AvgIpc) is 1.83. The summed E-state index contributed by atoms with van der Waals surface area (Å²) in [5, 5.41) is 7.93. The molecule has 0 heterocycles. The molecule has 3 heteroatoms. The van der Waals surface area contributed by atoms with Crippen molar-refractivity contribution in [3.05, 3.63) is 11.4 Å². The minimum absolute atomic E-state index is 0.179. The van der Waals surface area contributed by atoms with Crippen LogP contribution in [0, 0.1) is 6.57 Å². The van der Waals surface area contributed by atoms with Crippen molar-refractivity contribution in [1.29, 1.82) is 0 Å². The maximum absolute atomic E-state index is 6.78. The second-order valence-electron chi connectivity index (χ2n) is 3.98. The Hall–Kier alpha value is -0.910. The molecule has 0 fully saturated rings. The second kappa shape index (κ2) is 3.00. The molecule has 0 atom stereocenters. The highest BCUT2D eigenvalue weighted by Gasteiger charge is 2.22. The van der Waals surface area contributed by atoms with Gasteiger partial charge in [-0.15, -0.1) is 5.11 Å². The molecule has 0 saturated carbocycles. The molecule has 0 aromatic carbocycles. The molecule has 0 saturated heterocycles. The SMILES string of the molecule is [C-]#[N+]C(C)(C)N=NC(C)(C)C. The van der Waals surface area contributed by atoms with Gasteiger partial charge in [-0.1, -0.05) is 0 Å². The van der Waals surface area contributed by atoms with Gasteiger partial charge in [0.1, 0.15) is 0 Å². The molecule has 0 aliphatic rings. The van der Waals surface area contributed by atoms with Crippen LogP contribution in [0.2, 0.25) is 0 Å². The fourth-order valence-electron chi connectivity index (χ4n) is 0.295.